The quantitative estimate of drug-likeness (QED) is 0.624. The molecule has 0 saturated carbocycles. The van der Waals surface area contributed by atoms with E-state index in [1.54, 1.807) is 0 Å². The minimum absolute atomic E-state index is 0.0249. The number of amides is 1. The van der Waals surface area contributed by atoms with Gasteiger partial charge in [0.05, 0.1) is 11.3 Å². The van der Waals surface area contributed by atoms with Crippen LogP contribution in [0.2, 0.25) is 0 Å². The molecule has 2 rings (SSSR count). The molecule has 1 aliphatic rings. The van der Waals surface area contributed by atoms with E-state index in [1.165, 1.54) is 23.1 Å². The molecule has 1 aromatic carbocycles. The predicted octanol–water partition coefficient (Wildman–Crippen LogP) is 3.41. The van der Waals surface area contributed by atoms with E-state index in [0.29, 0.717) is 23.1 Å². The highest BCUT2D eigenvalue weighted by Gasteiger charge is 2.38. The van der Waals surface area contributed by atoms with Gasteiger partial charge in [-0.3, -0.25) is 9.59 Å². The molecule has 0 radical (unpaired) electrons. The first-order valence-corrected chi connectivity index (χ1v) is 7.59. The first kappa shape index (κ1) is 15.2. The molecule has 1 aliphatic heterocycles. The van der Waals surface area contributed by atoms with Crippen molar-refractivity contribution in [3.63, 3.8) is 0 Å². The van der Waals surface area contributed by atoms with Gasteiger partial charge in [0.2, 0.25) is 0 Å². The highest BCUT2D eigenvalue weighted by Crippen LogP contribution is 2.34. The van der Waals surface area contributed by atoms with Gasteiger partial charge < -0.3 is 4.90 Å². The van der Waals surface area contributed by atoms with Crippen molar-refractivity contribution in [3.8, 4) is 0 Å². The zero-order valence-corrected chi connectivity index (χ0v) is 13.3. The Morgan fingerprint density at radius 2 is 1.95 bits per heavy atom. The van der Waals surface area contributed by atoms with Crippen LogP contribution in [0, 0.1) is 17.2 Å². The number of benzene rings is 1. The van der Waals surface area contributed by atoms with Crippen LogP contribution in [0.5, 0.6) is 0 Å². The molecule has 0 aromatic heterocycles. The van der Waals surface area contributed by atoms with Crippen LogP contribution < -0.4 is 4.90 Å². The van der Waals surface area contributed by atoms with E-state index in [2.05, 4.69) is 36.7 Å². The molecule has 0 saturated heterocycles. The first-order chi connectivity index (χ1) is 9.25. The van der Waals surface area contributed by atoms with Crippen molar-refractivity contribution < 1.29 is 14.0 Å². The van der Waals surface area contributed by atoms with E-state index in [1.807, 2.05) is 0 Å². The molecule has 1 unspecified atom stereocenters. The van der Waals surface area contributed by atoms with Crippen molar-refractivity contribution in [2.75, 3.05) is 16.8 Å². The highest BCUT2D eigenvalue weighted by molar-refractivity contribution is 9.09. The molecular formula is C15H17BrFNO2. The van der Waals surface area contributed by atoms with Crippen molar-refractivity contribution in [1.82, 2.24) is 0 Å². The maximum Gasteiger partial charge on any atom is 0.299 e. The van der Waals surface area contributed by atoms with Crippen LogP contribution in [0.4, 0.5) is 10.1 Å². The standard InChI is InChI=1S/C15H17BrFNO2/c1-15(2,3)9(7-16)8-18-12-6-10(17)4-5-11(12)13(19)14(18)20/h4-6,9H,7-8H2,1-3H3. The number of alkyl halides is 1. The van der Waals surface area contributed by atoms with Gasteiger partial charge in [0.25, 0.3) is 11.7 Å². The van der Waals surface area contributed by atoms with Crippen LogP contribution in [0.3, 0.4) is 0 Å². The number of halogens is 2. The number of nitrogens with zero attached hydrogens (tertiary/aromatic N) is 1. The second-order valence-corrected chi connectivity index (χ2v) is 6.77. The minimum Gasteiger partial charge on any atom is -0.304 e. The van der Waals surface area contributed by atoms with Crippen LogP contribution in [-0.4, -0.2) is 23.6 Å². The van der Waals surface area contributed by atoms with Gasteiger partial charge in [-0.1, -0.05) is 36.7 Å². The highest BCUT2D eigenvalue weighted by atomic mass is 79.9. The van der Waals surface area contributed by atoms with Crippen LogP contribution in [0.25, 0.3) is 0 Å². The number of rotatable bonds is 3. The fourth-order valence-electron chi connectivity index (χ4n) is 2.22. The lowest BCUT2D eigenvalue weighted by molar-refractivity contribution is -0.114. The van der Waals surface area contributed by atoms with Crippen molar-refractivity contribution in [2.24, 2.45) is 11.3 Å². The summed E-state index contributed by atoms with van der Waals surface area (Å²) in [6.45, 7) is 6.63. The van der Waals surface area contributed by atoms with E-state index < -0.39 is 17.5 Å². The number of carbonyl (C=O) groups is 2. The number of carbonyl (C=O) groups excluding carboxylic acids is 2. The Morgan fingerprint density at radius 1 is 1.30 bits per heavy atom. The molecule has 1 heterocycles. The first-order valence-electron chi connectivity index (χ1n) is 6.47. The van der Waals surface area contributed by atoms with Crippen LogP contribution in [0.1, 0.15) is 31.1 Å². The van der Waals surface area contributed by atoms with Gasteiger partial charge in [0.1, 0.15) is 5.82 Å². The second-order valence-electron chi connectivity index (χ2n) is 6.12. The molecule has 20 heavy (non-hydrogen) atoms. The average molecular weight is 342 g/mol. The van der Waals surface area contributed by atoms with Gasteiger partial charge in [0.15, 0.2) is 0 Å². The summed E-state index contributed by atoms with van der Waals surface area (Å²) in [5, 5.41) is 0.707. The number of Topliss-reactive ketones (excluding diaryl/α,β-unsaturated/α-hetero) is 1. The van der Waals surface area contributed by atoms with E-state index in [9.17, 15) is 14.0 Å². The number of hydrogen-bond acceptors (Lipinski definition) is 2. The largest absolute Gasteiger partial charge is 0.304 e. The van der Waals surface area contributed by atoms with Crippen LogP contribution in [-0.2, 0) is 4.79 Å². The smallest absolute Gasteiger partial charge is 0.299 e. The fourth-order valence-corrected chi connectivity index (χ4v) is 3.40. The molecule has 3 nitrogen and oxygen atoms in total. The van der Waals surface area contributed by atoms with Crippen LogP contribution >= 0.6 is 15.9 Å². The summed E-state index contributed by atoms with van der Waals surface area (Å²) in [5.41, 5.74) is 0.650. The molecule has 5 heteroatoms. The van der Waals surface area contributed by atoms with Gasteiger partial charge in [-0.15, -0.1) is 0 Å². The topological polar surface area (TPSA) is 37.4 Å². The Kier molecular flexibility index (Phi) is 4.00. The molecule has 1 aromatic rings. The Bertz CT molecular complexity index is 565. The summed E-state index contributed by atoms with van der Waals surface area (Å²) in [7, 11) is 0. The summed E-state index contributed by atoms with van der Waals surface area (Å²) < 4.78 is 13.4. The summed E-state index contributed by atoms with van der Waals surface area (Å²) >= 11 is 3.45. The molecule has 0 aliphatic carbocycles. The average Bonchev–Trinajstić information content (AvgIpc) is 2.58. The van der Waals surface area contributed by atoms with Crippen molar-refractivity contribution in [1.29, 1.82) is 0 Å². The maximum atomic E-state index is 13.4. The second kappa shape index (κ2) is 5.28. The zero-order chi connectivity index (χ0) is 15.1. The Morgan fingerprint density at radius 3 is 2.50 bits per heavy atom. The number of anilines is 1. The summed E-state index contributed by atoms with van der Waals surface area (Å²) in [4.78, 5) is 25.4. The van der Waals surface area contributed by atoms with Gasteiger partial charge in [-0.2, -0.15) is 0 Å². The maximum absolute atomic E-state index is 13.4. The Balaban J connectivity index is 2.36. The lowest BCUT2D eigenvalue weighted by Crippen LogP contribution is -2.39. The SMILES string of the molecule is CC(C)(C)C(CBr)CN1C(=O)C(=O)c2ccc(F)cc21. The molecule has 0 bridgehead atoms. The monoisotopic (exact) mass is 341 g/mol. The van der Waals surface area contributed by atoms with Crippen LogP contribution in [0.15, 0.2) is 18.2 Å². The molecular weight excluding hydrogens is 325 g/mol. The minimum atomic E-state index is -0.569. The normalized spacial score (nSPS) is 16.6. The van der Waals surface area contributed by atoms with Gasteiger partial charge in [-0.25, -0.2) is 4.39 Å². The molecule has 1 atom stereocenters. The van der Waals surface area contributed by atoms with Gasteiger partial charge >= 0.3 is 0 Å². The lowest BCUT2D eigenvalue weighted by atomic mass is 9.82. The third-order valence-electron chi connectivity index (χ3n) is 3.75. The predicted molar refractivity (Wildman–Crippen MR) is 79.8 cm³/mol. The van der Waals surface area contributed by atoms with Gasteiger partial charge in [-0.05, 0) is 29.5 Å². The summed E-state index contributed by atoms with van der Waals surface area (Å²) in [6, 6.07) is 3.84. The third-order valence-corrected chi connectivity index (χ3v) is 4.53. The molecule has 0 fully saturated rings. The van der Waals surface area contributed by atoms with Crippen molar-refractivity contribution >= 4 is 33.3 Å². The molecule has 1 amide bonds. The summed E-state index contributed by atoms with van der Waals surface area (Å²) in [5.74, 6) is -1.40. The number of hydrogen-bond donors (Lipinski definition) is 0. The third kappa shape index (κ3) is 2.64. The Labute approximate surface area is 126 Å². The fraction of sp³-hybridized carbons (Fsp3) is 0.467. The van der Waals surface area contributed by atoms with Crippen molar-refractivity contribution in [2.45, 2.75) is 20.8 Å². The summed E-state index contributed by atoms with van der Waals surface area (Å²) in [6.07, 6.45) is 0. The van der Waals surface area contributed by atoms with E-state index >= 15 is 0 Å². The molecule has 0 N–H and O–H groups in total. The molecule has 108 valence electrons. The van der Waals surface area contributed by atoms with Crippen molar-refractivity contribution in [3.05, 3.63) is 29.6 Å². The molecule has 0 spiro atoms. The van der Waals surface area contributed by atoms with Gasteiger partial charge in [0, 0.05) is 11.9 Å². The van der Waals surface area contributed by atoms with E-state index in [4.69, 9.17) is 0 Å². The van der Waals surface area contributed by atoms with E-state index in [0.717, 1.165) is 0 Å². The van der Waals surface area contributed by atoms with E-state index in [-0.39, 0.29) is 11.3 Å². The lowest BCUT2D eigenvalue weighted by Gasteiger charge is -2.32. The number of fused-ring (bicyclic) bond motifs is 1. The Hall–Kier alpha value is -1.23. The zero-order valence-electron chi connectivity index (χ0n) is 11.7. The number of ketones is 1.